The molecular weight excluding hydrogens is 210 g/mol. The summed E-state index contributed by atoms with van der Waals surface area (Å²) in [6.07, 6.45) is 7.45. The first-order valence-corrected chi connectivity index (χ1v) is 6.60. The topological polar surface area (TPSA) is 43.1 Å². The molecule has 0 heterocycles. The Labute approximate surface area is 104 Å². The highest BCUT2D eigenvalue weighted by Gasteiger charge is 2.10. The van der Waals surface area contributed by atoms with Crippen molar-refractivity contribution in [2.75, 3.05) is 5.73 Å². The first kappa shape index (κ1) is 13.8. The third-order valence-electron chi connectivity index (χ3n) is 3.19. The minimum atomic E-state index is 0.818. The fraction of sp³-hybridized carbons (Fsp3) is 0.533. The van der Waals surface area contributed by atoms with Gasteiger partial charge in [0.25, 0.3) is 0 Å². The van der Waals surface area contributed by atoms with Gasteiger partial charge in [-0.2, -0.15) is 0 Å². The number of carbonyl (C=O) groups is 1. The summed E-state index contributed by atoms with van der Waals surface area (Å²) in [6, 6.07) is 3.72. The van der Waals surface area contributed by atoms with Crippen LogP contribution < -0.4 is 5.73 Å². The molecule has 17 heavy (non-hydrogen) atoms. The van der Waals surface area contributed by atoms with E-state index in [-0.39, 0.29) is 0 Å². The Bertz CT molecular complexity index is 371. The van der Waals surface area contributed by atoms with Crippen LogP contribution in [0.3, 0.4) is 0 Å². The van der Waals surface area contributed by atoms with E-state index < -0.39 is 0 Å². The SMILES string of the molecule is CCCCc1c(N)ccc(C=O)c1CCCC. The summed E-state index contributed by atoms with van der Waals surface area (Å²) in [5, 5.41) is 0. The smallest absolute Gasteiger partial charge is 0.150 e. The van der Waals surface area contributed by atoms with Crippen LogP contribution in [0.2, 0.25) is 0 Å². The van der Waals surface area contributed by atoms with Gasteiger partial charge < -0.3 is 5.73 Å². The fourth-order valence-electron chi connectivity index (χ4n) is 2.14. The van der Waals surface area contributed by atoms with Gasteiger partial charge in [-0.3, -0.25) is 4.79 Å². The zero-order valence-electron chi connectivity index (χ0n) is 11.0. The predicted molar refractivity (Wildman–Crippen MR) is 73.5 cm³/mol. The number of carbonyl (C=O) groups excluding carboxylic acids is 1. The van der Waals surface area contributed by atoms with Crippen LogP contribution in [0.1, 0.15) is 61.0 Å². The Morgan fingerprint density at radius 2 is 1.65 bits per heavy atom. The largest absolute Gasteiger partial charge is 0.398 e. The standard InChI is InChI=1S/C15H23NO/c1-3-5-7-13-12(11-17)9-10-15(16)14(13)8-6-4-2/h9-11H,3-8,16H2,1-2H3. The number of nitrogen functional groups attached to an aromatic ring is 1. The van der Waals surface area contributed by atoms with Crippen LogP contribution in [-0.2, 0) is 12.8 Å². The van der Waals surface area contributed by atoms with Gasteiger partial charge in [0.1, 0.15) is 6.29 Å². The Morgan fingerprint density at radius 3 is 2.18 bits per heavy atom. The maximum Gasteiger partial charge on any atom is 0.150 e. The lowest BCUT2D eigenvalue weighted by Crippen LogP contribution is -2.04. The van der Waals surface area contributed by atoms with Crippen LogP contribution in [0.25, 0.3) is 0 Å². The number of aldehydes is 1. The van der Waals surface area contributed by atoms with Crippen LogP contribution in [-0.4, -0.2) is 6.29 Å². The molecule has 0 fully saturated rings. The quantitative estimate of drug-likeness (QED) is 0.575. The van der Waals surface area contributed by atoms with E-state index in [4.69, 9.17) is 5.73 Å². The van der Waals surface area contributed by atoms with Gasteiger partial charge in [0.05, 0.1) is 0 Å². The molecule has 0 aliphatic rings. The van der Waals surface area contributed by atoms with Crippen molar-refractivity contribution in [2.24, 2.45) is 0 Å². The van der Waals surface area contributed by atoms with Gasteiger partial charge in [0, 0.05) is 11.3 Å². The number of benzene rings is 1. The van der Waals surface area contributed by atoms with E-state index in [1.54, 1.807) is 0 Å². The van der Waals surface area contributed by atoms with Crippen LogP contribution in [0.15, 0.2) is 12.1 Å². The molecule has 0 aromatic heterocycles. The summed E-state index contributed by atoms with van der Waals surface area (Å²) < 4.78 is 0. The Balaban J connectivity index is 3.06. The molecule has 0 atom stereocenters. The summed E-state index contributed by atoms with van der Waals surface area (Å²) in [5.41, 5.74) is 10.1. The van der Waals surface area contributed by atoms with Crippen molar-refractivity contribution in [1.82, 2.24) is 0 Å². The van der Waals surface area contributed by atoms with Gasteiger partial charge in [-0.05, 0) is 48.9 Å². The highest BCUT2D eigenvalue weighted by molar-refractivity contribution is 5.80. The molecule has 0 saturated heterocycles. The molecule has 0 spiro atoms. The van der Waals surface area contributed by atoms with Crippen LogP contribution in [0, 0.1) is 0 Å². The molecule has 0 bridgehead atoms. The monoisotopic (exact) mass is 233 g/mol. The van der Waals surface area contributed by atoms with Gasteiger partial charge in [-0.15, -0.1) is 0 Å². The first-order chi connectivity index (χ1) is 8.24. The second kappa shape index (κ2) is 7.10. The van der Waals surface area contributed by atoms with Crippen molar-refractivity contribution in [3.63, 3.8) is 0 Å². The number of rotatable bonds is 7. The number of nitrogens with two attached hydrogens (primary N) is 1. The normalized spacial score (nSPS) is 10.5. The first-order valence-electron chi connectivity index (χ1n) is 6.60. The molecule has 0 aliphatic carbocycles. The molecule has 2 nitrogen and oxygen atoms in total. The summed E-state index contributed by atoms with van der Waals surface area (Å²) in [7, 11) is 0. The lowest BCUT2D eigenvalue weighted by Gasteiger charge is -2.14. The summed E-state index contributed by atoms with van der Waals surface area (Å²) in [4.78, 5) is 11.1. The molecular formula is C15H23NO. The molecule has 94 valence electrons. The van der Waals surface area contributed by atoms with Gasteiger partial charge in [-0.25, -0.2) is 0 Å². The average Bonchev–Trinajstić information content (AvgIpc) is 2.35. The van der Waals surface area contributed by atoms with E-state index >= 15 is 0 Å². The second-order valence-electron chi connectivity index (χ2n) is 4.53. The van der Waals surface area contributed by atoms with E-state index in [0.717, 1.165) is 56.1 Å². The van der Waals surface area contributed by atoms with Crippen LogP contribution in [0.5, 0.6) is 0 Å². The third-order valence-corrected chi connectivity index (χ3v) is 3.19. The molecule has 1 aromatic carbocycles. The number of hydrogen-bond acceptors (Lipinski definition) is 2. The average molecular weight is 233 g/mol. The summed E-state index contributed by atoms with van der Waals surface area (Å²) in [6.45, 7) is 4.34. The highest BCUT2D eigenvalue weighted by atomic mass is 16.1. The van der Waals surface area contributed by atoms with Gasteiger partial charge >= 0.3 is 0 Å². The van der Waals surface area contributed by atoms with Crippen molar-refractivity contribution in [3.05, 3.63) is 28.8 Å². The molecule has 0 amide bonds. The van der Waals surface area contributed by atoms with E-state index in [2.05, 4.69) is 13.8 Å². The van der Waals surface area contributed by atoms with Gasteiger partial charge in [0.2, 0.25) is 0 Å². The fourth-order valence-corrected chi connectivity index (χ4v) is 2.14. The molecule has 0 unspecified atom stereocenters. The number of unbranched alkanes of at least 4 members (excludes halogenated alkanes) is 2. The molecule has 0 radical (unpaired) electrons. The molecule has 2 N–H and O–H groups in total. The predicted octanol–water partition coefficient (Wildman–Crippen LogP) is 3.77. The molecule has 0 aliphatic heterocycles. The Kier molecular flexibility index (Phi) is 5.75. The number of hydrogen-bond donors (Lipinski definition) is 1. The maximum absolute atomic E-state index is 11.1. The van der Waals surface area contributed by atoms with E-state index in [9.17, 15) is 4.79 Å². The molecule has 1 aromatic rings. The molecule has 2 heteroatoms. The van der Waals surface area contributed by atoms with Crippen molar-refractivity contribution in [2.45, 2.75) is 52.4 Å². The Morgan fingerprint density at radius 1 is 1.06 bits per heavy atom. The zero-order chi connectivity index (χ0) is 12.7. The van der Waals surface area contributed by atoms with Gasteiger partial charge in [-0.1, -0.05) is 26.7 Å². The minimum Gasteiger partial charge on any atom is -0.398 e. The van der Waals surface area contributed by atoms with E-state index in [1.165, 1.54) is 11.1 Å². The number of anilines is 1. The minimum absolute atomic E-state index is 0.818. The highest BCUT2D eigenvalue weighted by Crippen LogP contribution is 2.24. The lowest BCUT2D eigenvalue weighted by molar-refractivity contribution is 0.112. The Hall–Kier alpha value is -1.31. The van der Waals surface area contributed by atoms with E-state index in [1.807, 2.05) is 12.1 Å². The second-order valence-corrected chi connectivity index (χ2v) is 4.53. The van der Waals surface area contributed by atoms with Crippen molar-refractivity contribution >= 4 is 12.0 Å². The van der Waals surface area contributed by atoms with Crippen molar-refractivity contribution in [3.8, 4) is 0 Å². The summed E-state index contributed by atoms with van der Waals surface area (Å²) >= 11 is 0. The van der Waals surface area contributed by atoms with Crippen LogP contribution in [0.4, 0.5) is 5.69 Å². The van der Waals surface area contributed by atoms with Crippen molar-refractivity contribution < 1.29 is 4.79 Å². The maximum atomic E-state index is 11.1. The lowest BCUT2D eigenvalue weighted by atomic mass is 9.92. The van der Waals surface area contributed by atoms with Crippen molar-refractivity contribution in [1.29, 1.82) is 0 Å². The van der Waals surface area contributed by atoms with E-state index in [0.29, 0.717) is 0 Å². The molecule has 0 saturated carbocycles. The van der Waals surface area contributed by atoms with Gasteiger partial charge in [0.15, 0.2) is 0 Å². The summed E-state index contributed by atoms with van der Waals surface area (Å²) in [5.74, 6) is 0. The third kappa shape index (κ3) is 3.58. The zero-order valence-corrected chi connectivity index (χ0v) is 11.0. The molecule has 1 rings (SSSR count). The van der Waals surface area contributed by atoms with Crippen LogP contribution >= 0.6 is 0 Å².